The van der Waals surface area contributed by atoms with E-state index >= 15 is 0 Å². The predicted molar refractivity (Wildman–Crippen MR) is 101 cm³/mol. The highest BCUT2D eigenvalue weighted by molar-refractivity contribution is 7.89. The number of phenols is 1. The van der Waals surface area contributed by atoms with Crippen LogP contribution in [0.4, 0.5) is 5.69 Å². The highest BCUT2D eigenvalue weighted by Gasteiger charge is 2.24. The number of nitrogens with zero attached hydrogens (tertiary/aromatic N) is 1. The third-order valence-corrected chi connectivity index (χ3v) is 6.01. The lowest BCUT2D eigenvalue weighted by molar-refractivity contribution is 0.396. The molecule has 0 aliphatic heterocycles. The third kappa shape index (κ3) is 5.21. The average molecular weight is 362 g/mol. The first-order valence-electron chi connectivity index (χ1n) is 8.57. The van der Waals surface area contributed by atoms with Crippen molar-refractivity contribution in [2.75, 3.05) is 18.8 Å². The number of aryl methyl sites for hydroxylation is 1. The average Bonchev–Trinajstić information content (AvgIpc) is 2.61. The lowest BCUT2D eigenvalue weighted by atomic mass is 10.1. The SMILES string of the molecule is CCCCN(CCCc1ccccc1)S(=O)(=O)c1ccc(O)c(N)c1. The van der Waals surface area contributed by atoms with Crippen LogP contribution in [0.2, 0.25) is 0 Å². The van der Waals surface area contributed by atoms with Crippen molar-refractivity contribution >= 4 is 15.7 Å². The molecule has 0 amide bonds. The van der Waals surface area contributed by atoms with Crippen molar-refractivity contribution < 1.29 is 13.5 Å². The standard InChI is InChI=1S/C19H26N2O3S/c1-2-3-13-21(14-7-10-16-8-5-4-6-9-16)25(23,24)17-11-12-19(22)18(20)15-17/h4-6,8-9,11-12,15,22H,2-3,7,10,13-14,20H2,1H3. The van der Waals surface area contributed by atoms with E-state index in [1.54, 1.807) is 0 Å². The second-order valence-electron chi connectivity index (χ2n) is 6.07. The van der Waals surface area contributed by atoms with Gasteiger partial charge in [-0.25, -0.2) is 8.42 Å². The van der Waals surface area contributed by atoms with Gasteiger partial charge in [0.15, 0.2) is 0 Å². The maximum atomic E-state index is 12.9. The van der Waals surface area contributed by atoms with Crippen LogP contribution in [0.5, 0.6) is 5.75 Å². The van der Waals surface area contributed by atoms with Gasteiger partial charge < -0.3 is 10.8 Å². The minimum Gasteiger partial charge on any atom is -0.506 e. The van der Waals surface area contributed by atoms with E-state index in [2.05, 4.69) is 0 Å². The lowest BCUT2D eigenvalue weighted by Crippen LogP contribution is -2.33. The summed E-state index contributed by atoms with van der Waals surface area (Å²) < 4.78 is 27.4. The number of anilines is 1. The number of hydrogen-bond acceptors (Lipinski definition) is 4. The van der Waals surface area contributed by atoms with Crippen LogP contribution < -0.4 is 5.73 Å². The molecule has 2 rings (SSSR count). The van der Waals surface area contributed by atoms with E-state index in [0.717, 1.165) is 25.7 Å². The molecule has 0 radical (unpaired) electrons. The Hall–Kier alpha value is -2.05. The van der Waals surface area contributed by atoms with Gasteiger partial charge in [-0.15, -0.1) is 0 Å². The zero-order valence-corrected chi connectivity index (χ0v) is 15.4. The Kier molecular flexibility index (Phi) is 6.84. The van der Waals surface area contributed by atoms with Gasteiger partial charge in [-0.2, -0.15) is 4.31 Å². The molecule has 5 nitrogen and oxygen atoms in total. The molecule has 0 unspecified atom stereocenters. The summed E-state index contributed by atoms with van der Waals surface area (Å²) >= 11 is 0. The number of phenolic OH excluding ortho intramolecular Hbond substituents is 1. The topological polar surface area (TPSA) is 83.6 Å². The van der Waals surface area contributed by atoms with Crippen molar-refractivity contribution in [3.63, 3.8) is 0 Å². The number of nitrogens with two attached hydrogens (primary N) is 1. The minimum atomic E-state index is -3.62. The van der Waals surface area contributed by atoms with Gasteiger partial charge in [0.2, 0.25) is 10.0 Å². The molecular formula is C19H26N2O3S. The van der Waals surface area contributed by atoms with Crippen LogP contribution in [0, 0.1) is 0 Å². The molecule has 0 saturated heterocycles. The summed E-state index contributed by atoms with van der Waals surface area (Å²) in [4.78, 5) is 0.124. The molecular weight excluding hydrogens is 336 g/mol. The maximum Gasteiger partial charge on any atom is 0.243 e. The van der Waals surface area contributed by atoms with Gasteiger partial charge in [0.25, 0.3) is 0 Å². The van der Waals surface area contributed by atoms with Gasteiger partial charge in [0.05, 0.1) is 10.6 Å². The Balaban J connectivity index is 2.12. The number of unbranched alkanes of at least 4 members (excludes halogenated alkanes) is 1. The van der Waals surface area contributed by atoms with Crippen molar-refractivity contribution in [3.8, 4) is 5.75 Å². The van der Waals surface area contributed by atoms with E-state index in [-0.39, 0.29) is 16.3 Å². The quantitative estimate of drug-likeness (QED) is 0.529. The number of aromatic hydroxyl groups is 1. The molecule has 0 aliphatic carbocycles. The van der Waals surface area contributed by atoms with Crippen molar-refractivity contribution in [2.24, 2.45) is 0 Å². The van der Waals surface area contributed by atoms with Crippen molar-refractivity contribution in [3.05, 3.63) is 54.1 Å². The van der Waals surface area contributed by atoms with Crippen LogP contribution >= 0.6 is 0 Å². The molecule has 0 spiro atoms. The smallest absolute Gasteiger partial charge is 0.243 e. The Morgan fingerprint density at radius 1 is 1.04 bits per heavy atom. The Morgan fingerprint density at radius 2 is 1.72 bits per heavy atom. The van der Waals surface area contributed by atoms with E-state index in [1.807, 2.05) is 37.3 Å². The van der Waals surface area contributed by atoms with Gasteiger partial charge in [0, 0.05) is 13.1 Å². The van der Waals surface area contributed by atoms with Crippen LogP contribution in [0.15, 0.2) is 53.4 Å². The Morgan fingerprint density at radius 3 is 2.36 bits per heavy atom. The van der Waals surface area contributed by atoms with Gasteiger partial charge in [-0.1, -0.05) is 43.7 Å². The minimum absolute atomic E-state index is 0.0702. The summed E-state index contributed by atoms with van der Waals surface area (Å²) in [6, 6.07) is 14.1. The molecule has 0 fully saturated rings. The molecule has 3 N–H and O–H groups in total. The molecule has 0 atom stereocenters. The molecule has 6 heteroatoms. The molecule has 0 aliphatic rings. The fourth-order valence-corrected chi connectivity index (χ4v) is 4.19. The molecule has 0 aromatic heterocycles. The second kappa shape index (κ2) is 8.87. The van der Waals surface area contributed by atoms with E-state index in [1.165, 1.54) is 28.1 Å². The molecule has 2 aromatic rings. The van der Waals surface area contributed by atoms with Gasteiger partial charge >= 0.3 is 0 Å². The molecule has 0 heterocycles. The van der Waals surface area contributed by atoms with E-state index in [0.29, 0.717) is 13.1 Å². The highest BCUT2D eigenvalue weighted by atomic mass is 32.2. The van der Waals surface area contributed by atoms with Gasteiger partial charge in [-0.05, 0) is 43.0 Å². The number of sulfonamides is 1. The fraction of sp³-hybridized carbons (Fsp3) is 0.368. The maximum absolute atomic E-state index is 12.9. The van der Waals surface area contributed by atoms with Crippen molar-refractivity contribution in [1.29, 1.82) is 0 Å². The lowest BCUT2D eigenvalue weighted by Gasteiger charge is -2.22. The zero-order chi connectivity index (χ0) is 18.3. The summed E-state index contributed by atoms with van der Waals surface area (Å²) in [5, 5.41) is 9.52. The van der Waals surface area contributed by atoms with Crippen LogP contribution in [0.3, 0.4) is 0 Å². The molecule has 25 heavy (non-hydrogen) atoms. The van der Waals surface area contributed by atoms with Crippen LogP contribution in [0.1, 0.15) is 31.7 Å². The Bertz CT molecular complexity index is 777. The van der Waals surface area contributed by atoms with E-state index in [9.17, 15) is 13.5 Å². The highest BCUT2D eigenvalue weighted by Crippen LogP contribution is 2.25. The second-order valence-corrected chi connectivity index (χ2v) is 8.01. The summed E-state index contributed by atoms with van der Waals surface area (Å²) in [6.07, 6.45) is 3.30. The Labute approximate surface area is 150 Å². The fourth-order valence-electron chi connectivity index (χ4n) is 2.63. The largest absolute Gasteiger partial charge is 0.506 e. The first kappa shape index (κ1) is 19.3. The number of nitrogen functional groups attached to an aromatic ring is 1. The molecule has 0 bridgehead atoms. The number of rotatable bonds is 9. The van der Waals surface area contributed by atoms with Crippen LogP contribution in [-0.4, -0.2) is 30.9 Å². The molecule has 2 aromatic carbocycles. The normalized spacial score (nSPS) is 11.8. The molecule has 136 valence electrons. The first-order chi connectivity index (χ1) is 11.9. The molecule has 0 saturated carbocycles. The van der Waals surface area contributed by atoms with Gasteiger partial charge in [0.1, 0.15) is 5.75 Å². The summed E-state index contributed by atoms with van der Waals surface area (Å²) in [6.45, 7) is 2.97. The van der Waals surface area contributed by atoms with E-state index in [4.69, 9.17) is 5.73 Å². The summed E-state index contributed by atoms with van der Waals surface area (Å²) in [5.74, 6) is -0.108. The zero-order valence-electron chi connectivity index (χ0n) is 14.6. The van der Waals surface area contributed by atoms with E-state index < -0.39 is 10.0 Å². The summed E-state index contributed by atoms with van der Waals surface area (Å²) in [7, 11) is -3.62. The first-order valence-corrected chi connectivity index (χ1v) is 10.0. The predicted octanol–water partition coefficient (Wildman–Crippen LogP) is 3.40. The summed E-state index contributed by atoms with van der Waals surface area (Å²) in [5.41, 5.74) is 6.93. The monoisotopic (exact) mass is 362 g/mol. The number of hydrogen-bond donors (Lipinski definition) is 2. The van der Waals surface area contributed by atoms with Crippen LogP contribution in [0.25, 0.3) is 0 Å². The van der Waals surface area contributed by atoms with Crippen molar-refractivity contribution in [1.82, 2.24) is 4.31 Å². The third-order valence-electron chi connectivity index (χ3n) is 4.11. The van der Waals surface area contributed by atoms with Crippen LogP contribution in [-0.2, 0) is 16.4 Å². The number of benzene rings is 2. The van der Waals surface area contributed by atoms with Gasteiger partial charge in [-0.3, -0.25) is 0 Å². The van der Waals surface area contributed by atoms with Crippen molar-refractivity contribution in [2.45, 2.75) is 37.5 Å².